The van der Waals surface area contributed by atoms with Crippen LogP contribution in [0.4, 0.5) is 0 Å². The van der Waals surface area contributed by atoms with E-state index < -0.39 is 0 Å². The van der Waals surface area contributed by atoms with E-state index in [4.69, 9.17) is 11.6 Å². The predicted octanol–water partition coefficient (Wildman–Crippen LogP) is 2.74. The molecule has 1 fully saturated rings. The molecule has 2 aliphatic rings. The largest absolute Gasteiger partial charge is 0.296 e. The van der Waals surface area contributed by atoms with Crippen molar-refractivity contribution in [3.05, 3.63) is 22.8 Å². The smallest absolute Gasteiger partial charge is 0.176 e. The van der Waals surface area contributed by atoms with E-state index in [0.717, 1.165) is 36.4 Å². The van der Waals surface area contributed by atoms with Crippen molar-refractivity contribution in [2.45, 2.75) is 32.2 Å². The minimum Gasteiger partial charge on any atom is -0.296 e. The molecule has 3 heteroatoms. The van der Waals surface area contributed by atoms with Crippen molar-refractivity contribution < 1.29 is 4.79 Å². The third-order valence-electron chi connectivity index (χ3n) is 3.58. The van der Waals surface area contributed by atoms with E-state index in [2.05, 4.69) is 11.8 Å². The number of nitrogens with zero attached hydrogens (tertiary/aromatic N) is 1. The van der Waals surface area contributed by atoms with Crippen molar-refractivity contribution >= 4 is 17.4 Å². The van der Waals surface area contributed by atoms with Crippen LogP contribution in [0, 0.1) is 5.92 Å². The van der Waals surface area contributed by atoms with Gasteiger partial charge in [-0.05, 0) is 44.8 Å². The van der Waals surface area contributed by atoms with Crippen LogP contribution in [-0.2, 0) is 4.79 Å². The summed E-state index contributed by atoms with van der Waals surface area (Å²) in [6.45, 7) is 3.11. The molecule has 2 rings (SSSR count). The molecule has 1 aliphatic carbocycles. The van der Waals surface area contributed by atoms with Crippen molar-refractivity contribution in [1.82, 2.24) is 4.90 Å². The van der Waals surface area contributed by atoms with E-state index in [0.29, 0.717) is 5.78 Å². The number of halogens is 1. The first-order valence-electron chi connectivity index (χ1n) is 5.90. The lowest BCUT2D eigenvalue weighted by Gasteiger charge is -2.24. The first-order chi connectivity index (χ1) is 7.59. The van der Waals surface area contributed by atoms with Gasteiger partial charge in [0, 0.05) is 10.6 Å². The Labute approximate surface area is 102 Å². The van der Waals surface area contributed by atoms with E-state index >= 15 is 0 Å². The maximum absolute atomic E-state index is 12.3. The fourth-order valence-corrected chi connectivity index (χ4v) is 2.87. The van der Waals surface area contributed by atoms with E-state index in [1.165, 1.54) is 0 Å². The van der Waals surface area contributed by atoms with Gasteiger partial charge in [-0.2, -0.15) is 0 Å². The Hall–Kier alpha value is -0.600. The normalized spacial score (nSPS) is 31.2. The number of allylic oxidation sites excluding steroid dienone is 3. The molecule has 16 heavy (non-hydrogen) atoms. The van der Waals surface area contributed by atoms with Crippen LogP contribution in [0.1, 0.15) is 26.2 Å². The van der Waals surface area contributed by atoms with Crippen LogP contribution in [0.2, 0.25) is 0 Å². The number of hydrogen-bond acceptors (Lipinski definition) is 2. The van der Waals surface area contributed by atoms with Crippen molar-refractivity contribution in [1.29, 1.82) is 0 Å². The van der Waals surface area contributed by atoms with Crippen LogP contribution in [0.3, 0.4) is 0 Å². The lowest BCUT2D eigenvalue weighted by Crippen LogP contribution is -2.35. The van der Waals surface area contributed by atoms with Gasteiger partial charge in [0.1, 0.15) is 0 Å². The Morgan fingerprint density at radius 1 is 1.50 bits per heavy atom. The maximum Gasteiger partial charge on any atom is 0.176 e. The molecule has 0 bridgehead atoms. The standard InChI is InChI=1S/C13H18ClNO/c1-9-8-10(14)5-6-11(9)13(16)12-4-3-7-15(12)2/h5-6,9,12H,3-4,7-8H2,1-2H3/t9?,12-/m1/s1. The van der Waals surface area contributed by atoms with Gasteiger partial charge in [-0.15, -0.1) is 0 Å². The van der Waals surface area contributed by atoms with Crippen molar-refractivity contribution in [3.8, 4) is 0 Å². The highest BCUT2D eigenvalue weighted by molar-refractivity contribution is 6.30. The topological polar surface area (TPSA) is 20.3 Å². The third-order valence-corrected chi connectivity index (χ3v) is 3.86. The fourth-order valence-electron chi connectivity index (χ4n) is 2.57. The highest BCUT2D eigenvalue weighted by atomic mass is 35.5. The highest BCUT2D eigenvalue weighted by Gasteiger charge is 2.32. The first kappa shape index (κ1) is 11.9. The Bertz CT molecular complexity index is 359. The van der Waals surface area contributed by atoms with Gasteiger partial charge in [0.15, 0.2) is 5.78 Å². The number of carbonyl (C=O) groups excluding carboxylic acids is 1. The average molecular weight is 240 g/mol. The van der Waals surface area contributed by atoms with E-state index in [1.54, 1.807) is 0 Å². The second kappa shape index (κ2) is 4.72. The zero-order valence-corrected chi connectivity index (χ0v) is 10.6. The predicted molar refractivity (Wildman–Crippen MR) is 66.5 cm³/mol. The number of rotatable bonds is 2. The van der Waals surface area contributed by atoms with E-state index in [1.807, 2.05) is 19.2 Å². The van der Waals surface area contributed by atoms with Gasteiger partial charge in [-0.25, -0.2) is 0 Å². The molecule has 0 aromatic heterocycles. The molecule has 1 aliphatic heterocycles. The second-order valence-electron chi connectivity index (χ2n) is 4.84. The fraction of sp³-hybridized carbons (Fsp3) is 0.615. The molecule has 0 amide bonds. The molecule has 0 radical (unpaired) electrons. The number of ketones is 1. The monoisotopic (exact) mass is 239 g/mol. The lowest BCUT2D eigenvalue weighted by atomic mass is 9.87. The van der Waals surface area contributed by atoms with Crippen LogP contribution in [0.25, 0.3) is 0 Å². The Balaban J connectivity index is 2.15. The molecule has 0 N–H and O–H groups in total. The minimum absolute atomic E-state index is 0.0963. The molecule has 2 nitrogen and oxygen atoms in total. The van der Waals surface area contributed by atoms with Gasteiger partial charge < -0.3 is 0 Å². The zero-order valence-electron chi connectivity index (χ0n) is 9.87. The van der Waals surface area contributed by atoms with E-state index in [-0.39, 0.29) is 12.0 Å². The minimum atomic E-state index is 0.0963. The SMILES string of the molecule is CC1CC(Cl)=CC=C1C(=O)[C@H]1CCCN1C. The molecule has 0 aromatic rings. The molecular formula is C13H18ClNO. The van der Waals surface area contributed by atoms with Crippen LogP contribution in [0.5, 0.6) is 0 Å². The van der Waals surface area contributed by atoms with Crippen molar-refractivity contribution in [2.75, 3.05) is 13.6 Å². The number of Topliss-reactive ketones (excluding diaryl/α,β-unsaturated/α-hetero) is 1. The number of carbonyl (C=O) groups is 1. The molecule has 1 saturated heterocycles. The molecule has 0 saturated carbocycles. The summed E-state index contributed by atoms with van der Waals surface area (Å²) in [5.74, 6) is 0.562. The summed E-state index contributed by atoms with van der Waals surface area (Å²) in [6.07, 6.45) is 6.70. The van der Waals surface area contributed by atoms with Crippen LogP contribution in [-0.4, -0.2) is 30.3 Å². The lowest BCUT2D eigenvalue weighted by molar-refractivity contribution is -0.119. The molecule has 1 unspecified atom stereocenters. The molecule has 2 atom stereocenters. The second-order valence-corrected chi connectivity index (χ2v) is 5.33. The summed E-state index contributed by atoms with van der Waals surface area (Å²) in [4.78, 5) is 14.5. The van der Waals surface area contributed by atoms with Gasteiger partial charge >= 0.3 is 0 Å². The molecule has 88 valence electrons. The Morgan fingerprint density at radius 2 is 2.25 bits per heavy atom. The van der Waals surface area contributed by atoms with Crippen LogP contribution >= 0.6 is 11.6 Å². The third kappa shape index (κ3) is 2.23. The summed E-state index contributed by atoms with van der Waals surface area (Å²) in [6, 6.07) is 0.0963. The molecule has 0 spiro atoms. The average Bonchev–Trinajstić information content (AvgIpc) is 2.63. The number of likely N-dealkylation sites (tertiary alicyclic amines) is 1. The van der Waals surface area contributed by atoms with Gasteiger partial charge in [-0.1, -0.05) is 24.6 Å². The maximum atomic E-state index is 12.3. The zero-order chi connectivity index (χ0) is 11.7. The van der Waals surface area contributed by atoms with Gasteiger partial charge in [0.25, 0.3) is 0 Å². The Kier molecular flexibility index (Phi) is 3.50. The van der Waals surface area contributed by atoms with Crippen molar-refractivity contribution in [3.63, 3.8) is 0 Å². The van der Waals surface area contributed by atoms with Gasteiger partial charge in [0.2, 0.25) is 0 Å². The summed E-state index contributed by atoms with van der Waals surface area (Å²) in [5, 5.41) is 0.851. The first-order valence-corrected chi connectivity index (χ1v) is 6.28. The van der Waals surface area contributed by atoms with Crippen molar-refractivity contribution in [2.24, 2.45) is 5.92 Å². The summed E-state index contributed by atoms with van der Waals surface area (Å²) >= 11 is 5.96. The van der Waals surface area contributed by atoms with Gasteiger partial charge in [0.05, 0.1) is 6.04 Å². The van der Waals surface area contributed by atoms with Crippen LogP contribution in [0.15, 0.2) is 22.8 Å². The molecule has 1 heterocycles. The number of hydrogen-bond donors (Lipinski definition) is 0. The van der Waals surface area contributed by atoms with E-state index in [9.17, 15) is 4.79 Å². The Morgan fingerprint density at radius 3 is 2.81 bits per heavy atom. The summed E-state index contributed by atoms with van der Waals surface area (Å²) < 4.78 is 0. The number of likely N-dealkylation sites (N-methyl/N-ethyl adjacent to an activating group) is 1. The highest BCUT2D eigenvalue weighted by Crippen LogP contribution is 2.30. The summed E-state index contributed by atoms with van der Waals surface area (Å²) in [7, 11) is 2.03. The molecular weight excluding hydrogens is 222 g/mol. The van der Waals surface area contributed by atoms with Gasteiger partial charge in [-0.3, -0.25) is 9.69 Å². The van der Waals surface area contributed by atoms with Crippen LogP contribution < -0.4 is 0 Å². The summed E-state index contributed by atoms with van der Waals surface area (Å²) in [5.41, 5.74) is 0.947. The quantitative estimate of drug-likeness (QED) is 0.739. The molecule has 0 aromatic carbocycles.